The number of aromatic nitrogens is 4. The van der Waals surface area contributed by atoms with Crippen molar-refractivity contribution in [2.75, 3.05) is 7.11 Å². The summed E-state index contributed by atoms with van der Waals surface area (Å²) < 4.78 is 46.9. The molecule has 1 N–H and O–H groups in total. The van der Waals surface area contributed by atoms with Gasteiger partial charge in [-0.3, -0.25) is 9.78 Å². The van der Waals surface area contributed by atoms with Crippen molar-refractivity contribution in [1.82, 2.24) is 25.3 Å². The first-order chi connectivity index (χ1) is 12.5. The van der Waals surface area contributed by atoms with E-state index in [1.54, 1.807) is 30.7 Å². The van der Waals surface area contributed by atoms with Crippen molar-refractivity contribution < 1.29 is 22.7 Å². The van der Waals surface area contributed by atoms with Crippen LogP contribution in [0.5, 0.6) is 5.75 Å². The Labute approximate surface area is 145 Å². The van der Waals surface area contributed by atoms with Gasteiger partial charge in [-0.2, -0.15) is 4.39 Å². The summed E-state index contributed by atoms with van der Waals surface area (Å²) in [4.78, 5) is 16.0. The number of ether oxygens (including phenoxy) is 1. The number of halogens is 3. The average molecular weight is 363 g/mol. The molecule has 0 aliphatic heterocycles. The highest BCUT2D eigenvalue weighted by molar-refractivity contribution is 5.94. The van der Waals surface area contributed by atoms with Crippen LogP contribution >= 0.6 is 0 Å². The van der Waals surface area contributed by atoms with Crippen molar-refractivity contribution in [1.29, 1.82) is 0 Å². The lowest BCUT2D eigenvalue weighted by atomic mass is 10.1. The summed E-state index contributed by atoms with van der Waals surface area (Å²) >= 11 is 0. The number of hydrogen-bond donors (Lipinski definition) is 1. The van der Waals surface area contributed by atoms with Crippen molar-refractivity contribution in [2.45, 2.75) is 6.54 Å². The van der Waals surface area contributed by atoms with Gasteiger partial charge < -0.3 is 10.1 Å². The molecule has 26 heavy (non-hydrogen) atoms. The fraction of sp³-hybridized carbons (Fsp3) is 0.125. The molecule has 1 amide bonds. The molecule has 1 aromatic carbocycles. The summed E-state index contributed by atoms with van der Waals surface area (Å²) in [6.07, 6.45) is 4.71. The van der Waals surface area contributed by atoms with Crippen LogP contribution in [0, 0.1) is 17.5 Å². The number of methoxy groups -OCH3 is 1. The SMILES string of the molecule is COc1c(F)c(F)cc(C(=O)NCc2cn(-c3cccnc3)nn2)c1F. The summed E-state index contributed by atoms with van der Waals surface area (Å²) in [6.45, 7) is -0.0974. The Kier molecular flexibility index (Phi) is 4.83. The van der Waals surface area contributed by atoms with Crippen molar-refractivity contribution in [3.63, 3.8) is 0 Å². The number of nitrogens with zero attached hydrogens (tertiary/aromatic N) is 4. The Balaban J connectivity index is 1.74. The molecule has 2 heterocycles. The average Bonchev–Trinajstić information content (AvgIpc) is 3.13. The van der Waals surface area contributed by atoms with Gasteiger partial charge in [-0.15, -0.1) is 5.10 Å². The highest BCUT2D eigenvalue weighted by Gasteiger charge is 2.23. The molecule has 0 unspecified atom stereocenters. The standard InChI is InChI=1S/C16H12F3N5O2/c1-26-15-13(18)11(5-12(17)14(15)19)16(25)21-6-9-8-24(23-22-9)10-3-2-4-20-7-10/h2-5,7-8H,6H2,1H3,(H,21,25). The molecule has 7 nitrogen and oxygen atoms in total. The minimum absolute atomic E-state index is 0.0974. The zero-order valence-corrected chi connectivity index (χ0v) is 13.4. The normalized spacial score (nSPS) is 10.6. The fourth-order valence-corrected chi connectivity index (χ4v) is 2.19. The molecule has 134 valence electrons. The van der Waals surface area contributed by atoms with E-state index in [4.69, 9.17) is 0 Å². The smallest absolute Gasteiger partial charge is 0.254 e. The van der Waals surface area contributed by atoms with Crippen LogP contribution < -0.4 is 10.1 Å². The Morgan fingerprint density at radius 1 is 1.31 bits per heavy atom. The monoisotopic (exact) mass is 363 g/mol. The van der Waals surface area contributed by atoms with E-state index in [9.17, 15) is 18.0 Å². The van der Waals surface area contributed by atoms with Gasteiger partial charge >= 0.3 is 0 Å². The molecule has 0 fully saturated rings. The van der Waals surface area contributed by atoms with E-state index in [2.05, 4.69) is 25.3 Å². The zero-order valence-electron chi connectivity index (χ0n) is 13.4. The van der Waals surface area contributed by atoms with Crippen molar-refractivity contribution in [3.8, 4) is 11.4 Å². The van der Waals surface area contributed by atoms with Gasteiger partial charge in [0, 0.05) is 6.20 Å². The molecule has 0 spiro atoms. The minimum Gasteiger partial charge on any atom is -0.491 e. The second-order valence-corrected chi connectivity index (χ2v) is 5.12. The number of nitrogens with one attached hydrogen (secondary N) is 1. The van der Waals surface area contributed by atoms with Crippen LogP contribution in [0.2, 0.25) is 0 Å². The maximum Gasteiger partial charge on any atom is 0.254 e. The first kappa shape index (κ1) is 17.4. The van der Waals surface area contributed by atoms with E-state index < -0.39 is 34.7 Å². The highest BCUT2D eigenvalue weighted by Crippen LogP contribution is 2.26. The van der Waals surface area contributed by atoms with E-state index in [0.29, 0.717) is 17.4 Å². The van der Waals surface area contributed by atoms with Gasteiger partial charge in [-0.25, -0.2) is 13.5 Å². The molecule has 3 rings (SSSR count). The molecule has 0 bridgehead atoms. The second-order valence-electron chi connectivity index (χ2n) is 5.12. The topological polar surface area (TPSA) is 81.9 Å². The quantitative estimate of drug-likeness (QED) is 0.702. The first-order valence-corrected chi connectivity index (χ1v) is 7.32. The maximum absolute atomic E-state index is 14.1. The van der Waals surface area contributed by atoms with Crippen LogP contribution in [0.1, 0.15) is 16.1 Å². The molecular weight excluding hydrogens is 351 g/mol. The summed E-state index contributed by atoms with van der Waals surface area (Å²) in [5.74, 6) is -6.09. The van der Waals surface area contributed by atoms with Crippen molar-refractivity contribution in [2.24, 2.45) is 0 Å². The summed E-state index contributed by atoms with van der Waals surface area (Å²) in [5.41, 5.74) is 0.353. The lowest BCUT2D eigenvalue weighted by Gasteiger charge is -2.09. The van der Waals surface area contributed by atoms with Gasteiger partial charge in [-0.1, -0.05) is 5.21 Å². The number of pyridine rings is 1. The van der Waals surface area contributed by atoms with E-state index >= 15 is 0 Å². The molecule has 10 heteroatoms. The maximum atomic E-state index is 14.1. The lowest BCUT2D eigenvalue weighted by Crippen LogP contribution is -2.24. The van der Waals surface area contributed by atoms with Crippen LogP contribution in [0.15, 0.2) is 36.8 Å². The third-order valence-electron chi connectivity index (χ3n) is 3.45. The molecule has 0 aliphatic rings. The minimum atomic E-state index is -1.50. The Bertz CT molecular complexity index is 947. The predicted octanol–water partition coefficient (Wildman–Crippen LogP) is 2.02. The van der Waals surface area contributed by atoms with Crippen LogP contribution in [0.25, 0.3) is 5.69 Å². The number of amides is 1. The van der Waals surface area contributed by atoms with Crippen LogP contribution in [0.4, 0.5) is 13.2 Å². The number of hydrogen-bond acceptors (Lipinski definition) is 5. The number of rotatable bonds is 5. The molecule has 0 aliphatic carbocycles. The Morgan fingerprint density at radius 2 is 2.12 bits per heavy atom. The van der Waals surface area contributed by atoms with E-state index in [1.807, 2.05) is 0 Å². The molecule has 0 saturated heterocycles. The lowest BCUT2D eigenvalue weighted by molar-refractivity contribution is 0.0944. The first-order valence-electron chi connectivity index (χ1n) is 7.32. The van der Waals surface area contributed by atoms with Crippen molar-refractivity contribution in [3.05, 3.63) is 65.5 Å². The third-order valence-corrected chi connectivity index (χ3v) is 3.45. The van der Waals surface area contributed by atoms with Gasteiger partial charge in [0.25, 0.3) is 5.91 Å². The van der Waals surface area contributed by atoms with Gasteiger partial charge in [0.05, 0.1) is 37.3 Å². The largest absolute Gasteiger partial charge is 0.491 e. The molecule has 0 saturated carbocycles. The molecule has 0 atom stereocenters. The number of carbonyl (C=O) groups excluding carboxylic acids is 1. The van der Waals surface area contributed by atoms with E-state index in [0.717, 1.165) is 7.11 Å². The predicted molar refractivity (Wildman–Crippen MR) is 83.2 cm³/mol. The third kappa shape index (κ3) is 3.34. The Hall–Kier alpha value is -3.43. The van der Waals surface area contributed by atoms with Crippen molar-refractivity contribution >= 4 is 5.91 Å². The van der Waals surface area contributed by atoms with Gasteiger partial charge in [0.2, 0.25) is 5.82 Å². The fourth-order valence-electron chi connectivity index (χ4n) is 2.19. The molecular formula is C16H12F3N5O2. The van der Waals surface area contributed by atoms with Gasteiger partial charge in [0.15, 0.2) is 17.4 Å². The summed E-state index contributed by atoms with van der Waals surface area (Å²) in [6, 6.07) is 3.94. The highest BCUT2D eigenvalue weighted by atomic mass is 19.2. The number of benzene rings is 1. The van der Waals surface area contributed by atoms with E-state index in [1.165, 1.54) is 4.68 Å². The van der Waals surface area contributed by atoms with Crippen LogP contribution in [-0.2, 0) is 6.54 Å². The second kappa shape index (κ2) is 7.21. The molecule has 3 aromatic rings. The van der Waals surface area contributed by atoms with Gasteiger partial charge in [0.1, 0.15) is 5.69 Å². The van der Waals surface area contributed by atoms with Gasteiger partial charge in [-0.05, 0) is 18.2 Å². The molecule has 2 aromatic heterocycles. The summed E-state index contributed by atoms with van der Waals surface area (Å²) in [7, 11) is 0.972. The van der Waals surface area contributed by atoms with Crippen LogP contribution in [-0.4, -0.2) is 33.0 Å². The van der Waals surface area contributed by atoms with Crippen LogP contribution in [0.3, 0.4) is 0 Å². The number of carbonyl (C=O) groups is 1. The zero-order chi connectivity index (χ0) is 18.7. The molecule has 0 radical (unpaired) electrons. The Morgan fingerprint density at radius 3 is 2.81 bits per heavy atom. The van der Waals surface area contributed by atoms with E-state index in [-0.39, 0.29) is 6.54 Å². The summed E-state index contributed by atoms with van der Waals surface area (Å²) in [5, 5.41) is 10.1.